The van der Waals surface area contributed by atoms with E-state index >= 15 is 0 Å². The molecular formula is C6H8N2O2. The van der Waals surface area contributed by atoms with E-state index in [9.17, 15) is 0 Å². The molecule has 0 saturated carbocycles. The van der Waals surface area contributed by atoms with Gasteiger partial charge in [0.05, 0.1) is 12.8 Å². The molecule has 2 aliphatic rings. The molecule has 2 heterocycles. The Hall–Kier alpha value is -1.03. The van der Waals surface area contributed by atoms with Gasteiger partial charge in [0, 0.05) is 6.20 Å². The lowest BCUT2D eigenvalue weighted by Gasteiger charge is -2.17. The minimum atomic E-state index is 0.166. The zero-order chi connectivity index (χ0) is 6.81. The molecule has 0 fully saturated rings. The second-order valence-electron chi connectivity index (χ2n) is 2.16. The van der Waals surface area contributed by atoms with E-state index in [1.54, 1.807) is 11.3 Å². The minimum absolute atomic E-state index is 0.166. The normalized spacial score (nSPS) is 29.6. The first kappa shape index (κ1) is 5.73. The third-order valence-corrected chi connectivity index (χ3v) is 1.45. The Morgan fingerprint density at radius 1 is 1.60 bits per heavy atom. The van der Waals surface area contributed by atoms with Crippen LogP contribution in [-0.2, 0) is 9.68 Å². The fraction of sp³-hybridized carbons (Fsp3) is 0.500. The Bertz CT molecular complexity index is 159. The monoisotopic (exact) mass is 140 g/mol. The molecule has 0 N–H and O–H groups in total. The highest BCUT2D eigenvalue weighted by Gasteiger charge is 2.20. The summed E-state index contributed by atoms with van der Waals surface area (Å²) in [4.78, 5) is 9.97. The maximum absolute atomic E-state index is 5.19. The van der Waals surface area contributed by atoms with Crippen molar-refractivity contribution in [3.05, 3.63) is 12.3 Å². The van der Waals surface area contributed by atoms with Gasteiger partial charge in [-0.1, -0.05) is 5.16 Å². The van der Waals surface area contributed by atoms with Crippen molar-refractivity contribution in [2.45, 2.75) is 6.04 Å². The molecule has 0 aromatic rings. The number of hydrogen-bond acceptors (Lipinski definition) is 4. The number of hydrogen-bond donors (Lipinski definition) is 0. The molecule has 0 aromatic carbocycles. The molecule has 1 unspecified atom stereocenters. The minimum Gasteiger partial charge on any atom is -0.393 e. The van der Waals surface area contributed by atoms with Crippen LogP contribution >= 0.6 is 0 Å². The molecule has 2 aliphatic heterocycles. The van der Waals surface area contributed by atoms with Crippen LogP contribution in [0.3, 0.4) is 0 Å². The molecule has 2 rings (SSSR count). The second kappa shape index (κ2) is 2.30. The molecule has 0 bridgehead atoms. The van der Waals surface area contributed by atoms with Gasteiger partial charge < -0.3 is 4.84 Å². The molecule has 0 aromatic heterocycles. The molecule has 54 valence electrons. The van der Waals surface area contributed by atoms with Crippen LogP contribution in [0.25, 0.3) is 0 Å². The SMILES string of the molecule is C1=CN(C2C=NOC2)OC1. The van der Waals surface area contributed by atoms with Gasteiger partial charge >= 0.3 is 0 Å². The second-order valence-corrected chi connectivity index (χ2v) is 2.16. The van der Waals surface area contributed by atoms with Gasteiger partial charge in [-0.05, 0) is 6.08 Å². The van der Waals surface area contributed by atoms with Crippen molar-refractivity contribution < 1.29 is 9.68 Å². The predicted octanol–water partition coefficient (Wildman–Crippen LogP) is 0.132. The van der Waals surface area contributed by atoms with Gasteiger partial charge in [-0.3, -0.25) is 4.84 Å². The van der Waals surface area contributed by atoms with Crippen LogP contribution in [0.1, 0.15) is 0 Å². The molecule has 10 heavy (non-hydrogen) atoms. The third kappa shape index (κ3) is 0.863. The van der Waals surface area contributed by atoms with Crippen LogP contribution in [-0.4, -0.2) is 30.5 Å². The standard InChI is InChI=1S/C6H8N2O2/c1-2-8(10-3-1)6-4-7-9-5-6/h1-2,4,6H,3,5H2. The van der Waals surface area contributed by atoms with Gasteiger partial charge in [-0.15, -0.1) is 0 Å². The summed E-state index contributed by atoms with van der Waals surface area (Å²) in [5, 5.41) is 5.38. The van der Waals surface area contributed by atoms with Crippen LogP contribution in [0.15, 0.2) is 17.4 Å². The zero-order valence-electron chi connectivity index (χ0n) is 5.43. The van der Waals surface area contributed by atoms with Crippen LogP contribution in [0.5, 0.6) is 0 Å². The highest BCUT2D eigenvalue weighted by molar-refractivity contribution is 5.65. The number of hydroxylamine groups is 2. The summed E-state index contributed by atoms with van der Waals surface area (Å²) >= 11 is 0. The average Bonchev–Trinajstić information content (AvgIpc) is 2.59. The topological polar surface area (TPSA) is 34.1 Å². The lowest BCUT2D eigenvalue weighted by molar-refractivity contribution is -0.110. The van der Waals surface area contributed by atoms with E-state index < -0.39 is 0 Å². The molecule has 1 atom stereocenters. The van der Waals surface area contributed by atoms with E-state index in [0.717, 1.165) is 0 Å². The van der Waals surface area contributed by atoms with Crippen molar-refractivity contribution >= 4 is 6.21 Å². The van der Waals surface area contributed by atoms with Gasteiger partial charge in [0.15, 0.2) is 0 Å². The zero-order valence-corrected chi connectivity index (χ0v) is 5.43. The quantitative estimate of drug-likeness (QED) is 0.519. The summed E-state index contributed by atoms with van der Waals surface area (Å²) in [6, 6.07) is 0.166. The summed E-state index contributed by atoms with van der Waals surface area (Å²) in [5.74, 6) is 0. The highest BCUT2D eigenvalue weighted by atomic mass is 16.7. The van der Waals surface area contributed by atoms with Crippen molar-refractivity contribution in [2.75, 3.05) is 13.2 Å². The molecule has 0 saturated heterocycles. The van der Waals surface area contributed by atoms with E-state index in [2.05, 4.69) is 5.16 Å². The van der Waals surface area contributed by atoms with E-state index in [1.165, 1.54) is 0 Å². The fourth-order valence-corrected chi connectivity index (χ4v) is 0.940. The maximum Gasteiger partial charge on any atom is 0.145 e. The number of oxime groups is 1. The largest absolute Gasteiger partial charge is 0.393 e. The van der Waals surface area contributed by atoms with Gasteiger partial charge in [0.25, 0.3) is 0 Å². The van der Waals surface area contributed by atoms with Crippen molar-refractivity contribution in [3.8, 4) is 0 Å². The highest BCUT2D eigenvalue weighted by Crippen LogP contribution is 2.09. The van der Waals surface area contributed by atoms with Crippen LogP contribution < -0.4 is 0 Å². The van der Waals surface area contributed by atoms with Crippen molar-refractivity contribution in [1.82, 2.24) is 5.06 Å². The first-order valence-corrected chi connectivity index (χ1v) is 3.20. The molecule has 4 heteroatoms. The molecular weight excluding hydrogens is 132 g/mol. The van der Waals surface area contributed by atoms with Gasteiger partial charge in [0.2, 0.25) is 0 Å². The lowest BCUT2D eigenvalue weighted by Crippen LogP contribution is -2.30. The first-order valence-electron chi connectivity index (χ1n) is 3.20. The molecule has 4 nitrogen and oxygen atoms in total. The van der Waals surface area contributed by atoms with Crippen molar-refractivity contribution in [1.29, 1.82) is 0 Å². The smallest absolute Gasteiger partial charge is 0.145 e. The lowest BCUT2D eigenvalue weighted by atomic mass is 10.3. The van der Waals surface area contributed by atoms with E-state index in [1.807, 2.05) is 12.3 Å². The molecule has 0 aliphatic carbocycles. The summed E-state index contributed by atoms with van der Waals surface area (Å²) in [6.45, 7) is 1.24. The summed E-state index contributed by atoms with van der Waals surface area (Å²) < 4.78 is 0. The van der Waals surface area contributed by atoms with Gasteiger partial charge in [-0.25, -0.2) is 5.06 Å². The summed E-state index contributed by atoms with van der Waals surface area (Å²) in [5.41, 5.74) is 0. The van der Waals surface area contributed by atoms with Crippen molar-refractivity contribution in [2.24, 2.45) is 5.16 Å². The number of rotatable bonds is 1. The molecule has 0 spiro atoms. The van der Waals surface area contributed by atoms with Crippen LogP contribution in [0.2, 0.25) is 0 Å². The number of nitrogens with zero attached hydrogens (tertiary/aromatic N) is 2. The Balaban J connectivity index is 1.98. The predicted molar refractivity (Wildman–Crippen MR) is 35.2 cm³/mol. The fourth-order valence-electron chi connectivity index (χ4n) is 0.940. The van der Waals surface area contributed by atoms with Gasteiger partial charge in [0.1, 0.15) is 12.6 Å². The van der Waals surface area contributed by atoms with E-state index in [-0.39, 0.29) is 6.04 Å². The Morgan fingerprint density at radius 3 is 3.20 bits per heavy atom. The summed E-state index contributed by atoms with van der Waals surface area (Å²) in [7, 11) is 0. The Morgan fingerprint density at radius 2 is 2.60 bits per heavy atom. The average molecular weight is 140 g/mol. The van der Waals surface area contributed by atoms with Crippen molar-refractivity contribution in [3.63, 3.8) is 0 Å². The van der Waals surface area contributed by atoms with Crippen LogP contribution in [0, 0.1) is 0 Å². The molecule has 0 radical (unpaired) electrons. The maximum atomic E-state index is 5.19. The van der Waals surface area contributed by atoms with E-state index in [0.29, 0.717) is 13.2 Å². The van der Waals surface area contributed by atoms with Crippen LogP contribution in [0.4, 0.5) is 0 Å². The Labute approximate surface area is 58.7 Å². The third-order valence-electron chi connectivity index (χ3n) is 1.45. The molecule has 0 amide bonds. The Kier molecular flexibility index (Phi) is 1.32. The van der Waals surface area contributed by atoms with Gasteiger partial charge in [-0.2, -0.15) is 0 Å². The van der Waals surface area contributed by atoms with E-state index in [4.69, 9.17) is 9.68 Å². The first-order chi connectivity index (χ1) is 4.97. The summed E-state index contributed by atoms with van der Waals surface area (Å²) in [6.07, 6.45) is 5.58.